The van der Waals surface area contributed by atoms with Gasteiger partial charge in [0.15, 0.2) is 5.96 Å². The first-order valence-corrected chi connectivity index (χ1v) is 7.95. The van der Waals surface area contributed by atoms with Gasteiger partial charge in [-0.05, 0) is 57.2 Å². The number of benzene rings is 1. The highest BCUT2D eigenvalue weighted by atomic mass is 127. The average molecular weight is 417 g/mol. The number of hydrogen-bond acceptors (Lipinski definition) is 2. The predicted octanol–water partition coefficient (Wildman–Crippen LogP) is 3.83. The molecule has 0 amide bonds. The molecule has 0 heterocycles. The Balaban J connectivity index is 0.00000242. The lowest BCUT2D eigenvalue weighted by Gasteiger charge is -2.23. The van der Waals surface area contributed by atoms with Crippen molar-refractivity contribution in [2.45, 2.75) is 64.6 Å². The predicted molar refractivity (Wildman–Crippen MR) is 103 cm³/mol. The molecule has 124 valence electrons. The Morgan fingerprint density at radius 3 is 2.73 bits per heavy atom. The minimum Gasteiger partial charge on any atom is -0.490 e. The van der Waals surface area contributed by atoms with E-state index < -0.39 is 0 Å². The van der Waals surface area contributed by atoms with Gasteiger partial charge in [-0.1, -0.05) is 18.6 Å². The number of aliphatic imine (C=N–C) groups is 1. The van der Waals surface area contributed by atoms with Crippen LogP contribution in [-0.4, -0.2) is 18.1 Å². The van der Waals surface area contributed by atoms with Gasteiger partial charge >= 0.3 is 0 Å². The molecule has 2 rings (SSSR count). The molecule has 0 spiro atoms. The van der Waals surface area contributed by atoms with Crippen LogP contribution < -0.4 is 15.8 Å². The van der Waals surface area contributed by atoms with Gasteiger partial charge in [-0.15, -0.1) is 24.0 Å². The summed E-state index contributed by atoms with van der Waals surface area (Å²) in [5.41, 5.74) is 6.94. The van der Waals surface area contributed by atoms with Gasteiger partial charge in [0.25, 0.3) is 0 Å². The molecule has 22 heavy (non-hydrogen) atoms. The third-order valence-electron chi connectivity index (χ3n) is 3.62. The van der Waals surface area contributed by atoms with Crippen LogP contribution in [0.2, 0.25) is 0 Å². The summed E-state index contributed by atoms with van der Waals surface area (Å²) in [6, 6.07) is 8.47. The molecule has 4 nitrogen and oxygen atoms in total. The van der Waals surface area contributed by atoms with Crippen molar-refractivity contribution in [3.8, 4) is 5.75 Å². The smallest absolute Gasteiger partial charge is 0.189 e. The minimum absolute atomic E-state index is 0. The summed E-state index contributed by atoms with van der Waals surface area (Å²) in [5, 5.41) is 3.09. The molecular formula is C17H28IN3O. The molecule has 0 radical (unpaired) electrons. The van der Waals surface area contributed by atoms with E-state index in [4.69, 9.17) is 10.5 Å². The largest absolute Gasteiger partial charge is 0.490 e. The molecule has 0 bridgehead atoms. The van der Waals surface area contributed by atoms with Gasteiger partial charge in [0.05, 0.1) is 12.6 Å². The van der Waals surface area contributed by atoms with Crippen molar-refractivity contribution in [3.63, 3.8) is 0 Å². The van der Waals surface area contributed by atoms with E-state index >= 15 is 0 Å². The highest BCUT2D eigenvalue weighted by molar-refractivity contribution is 14.0. The van der Waals surface area contributed by atoms with E-state index in [0.717, 1.165) is 11.3 Å². The van der Waals surface area contributed by atoms with Crippen LogP contribution in [0.3, 0.4) is 0 Å². The number of nitrogens with zero attached hydrogens (tertiary/aromatic N) is 1. The van der Waals surface area contributed by atoms with Crippen molar-refractivity contribution in [2.75, 3.05) is 0 Å². The van der Waals surface area contributed by atoms with Gasteiger partial charge in [0.1, 0.15) is 5.75 Å². The summed E-state index contributed by atoms with van der Waals surface area (Å²) >= 11 is 0. The summed E-state index contributed by atoms with van der Waals surface area (Å²) in [6.07, 6.45) is 6.64. The summed E-state index contributed by atoms with van der Waals surface area (Å²) < 4.78 is 6.07. The summed E-state index contributed by atoms with van der Waals surface area (Å²) in [7, 11) is 0. The second kappa shape index (κ2) is 9.92. The van der Waals surface area contributed by atoms with Gasteiger partial charge < -0.3 is 15.8 Å². The number of nitrogens with two attached hydrogens (primary N) is 1. The molecule has 1 fully saturated rings. The Bertz CT molecular complexity index is 471. The van der Waals surface area contributed by atoms with Gasteiger partial charge in [0, 0.05) is 6.04 Å². The van der Waals surface area contributed by atoms with Crippen LogP contribution in [0.5, 0.6) is 5.75 Å². The van der Waals surface area contributed by atoms with E-state index in [-0.39, 0.29) is 24.0 Å². The highest BCUT2D eigenvalue weighted by Gasteiger charge is 2.14. The molecule has 1 aromatic rings. The van der Waals surface area contributed by atoms with E-state index in [0.29, 0.717) is 24.7 Å². The fourth-order valence-corrected chi connectivity index (χ4v) is 2.61. The van der Waals surface area contributed by atoms with E-state index in [9.17, 15) is 0 Å². The molecule has 0 aromatic heterocycles. The fraction of sp³-hybridized carbons (Fsp3) is 0.588. The minimum atomic E-state index is 0. The first kappa shape index (κ1) is 19.1. The Hall–Kier alpha value is -0.980. The lowest BCUT2D eigenvalue weighted by atomic mass is 9.98. The lowest BCUT2D eigenvalue weighted by Crippen LogP contribution is -2.36. The monoisotopic (exact) mass is 417 g/mol. The first-order valence-electron chi connectivity index (χ1n) is 7.95. The van der Waals surface area contributed by atoms with Crippen LogP contribution >= 0.6 is 24.0 Å². The second-order valence-corrected chi connectivity index (χ2v) is 6.03. The van der Waals surface area contributed by atoms with Crippen LogP contribution in [0.25, 0.3) is 0 Å². The van der Waals surface area contributed by atoms with Crippen molar-refractivity contribution >= 4 is 29.9 Å². The molecule has 0 aliphatic heterocycles. The zero-order valence-corrected chi connectivity index (χ0v) is 15.9. The number of nitrogens with one attached hydrogen (secondary N) is 1. The van der Waals surface area contributed by atoms with Gasteiger partial charge in [0.2, 0.25) is 0 Å². The number of guanidine groups is 1. The Labute approximate surface area is 150 Å². The van der Waals surface area contributed by atoms with Crippen molar-refractivity contribution in [2.24, 2.45) is 10.7 Å². The van der Waals surface area contributed by atoms with E-state index in [2.05, 4.69) is 22.4 Å². The van der Waals surface area contributed by atoms with Crippen molar-refractivity contribution in [3.05, 3.63) is 29.8 Å². The average Bonchev–Trinajstić information content (AvgIpc) is 2.46. The SMILES string of the molecule is CC(C)NC(N)=NCc1cccc(OC2CCCCC2)c1.I. The van der Waals surface area contributed by atoms with Gasteiger partial charge in [-0.3, -0.25) is 0 Å². The Kier molecular flexibility index (Phi) is 8.60. The summed E-state index contributed by atoms with van der Waals surface area (Å²) in [5.74, 6) is 1.44. The van der Waals surface area contributed by atoms with Gasteiger partial charge in [-0.2, -0.15) is 0 Å². The quantitative estimate of drug-likeness (QED) is 0.435. The Morgan fingerprint density at radius 1 is 1.32 bits per heavy atom. The third kappa shape index (κ3) is 6.85. The lowest BCUT2D eigenvalue weighted by molar-refractivity contribution is 0.155. The van der Waals surface area contributed by atoms with Gasteiger partial charge in [-0.25, -0.2) is 4.99 Å². The van der Waals surface area contributed by atoms with Crippen molar-refractivity contribution < 1.29 is 4.74 Å². The molecule has 0 saturated heterocycles. The zero-order valence-electron chi connectivity index (χ0n) is 13.5. The number of halogens is 1. The van der Waals surface area contributed by atoms with Crippen LogP contribution in [-0.2, 0) is 6.54 Å². The number of ether oxygens (including phenoxy) is 1. The van der Waals surface area contributed by atoms with Crippen molar-refractivity contribution in [1.82, 2.24) is 5.32 Å². The topological polar surface area (TPSA) is 59.6 Å². The number of rotatable bonds is 5. The first-order chi connectivity index (χ1) is 10.1. The molecule has 3 N–H and O–H groups in total. The maximum absolute atomic E-state index is 6.07. The van der Waals surface area contributed by atoms with Crippen LogP contribution in [0.15, 0.2) is 29.3 Å². The molecule has 1 aliphatic rings. The second-order valence-electron chi connectivity index (χ2n) is 6.03. The standard InChI is InChI=1S/C17H27N3O.HI/c1-13(2)20-17(18)19-12-14-7-6-10-16(11-14)21-15-8-4-3-5-9-15;/h6-7,10-11,13,15H,3-5,8-9,12H2,1-2H3,(H3,18,19,20);1H. The highest BCUT2D eigenvalue weighted by Crippen LogP contribution is 2.24. The molecule has 1 aromatic carbocycles. The van der Waals surface area contributed by atoms with Crippen molar-refractivity contribution in [1.29, 1.82) is 0 Å². The fourth-order valence-electron chi connectivity index (χ4n) is 2.61. The molecule has 0 atom stereocenters. The zero-order chi connectivity index (χ0) is 15.1. The maximum atomic E-state index is 6.07. The normalized spacial score (nSPS) is 16.2. The third-order valence-corrected chi connectivity index (χ3v) is 3.62. The molecule has 0 unspecified atom stereocenters. The maximum Gasteiger partial charge on any atom is 0.189 e. The summed E-state index contributed by atoms with van der Waals surface area (Å²) in [6.45, 7) is 4.66. The van der Waals surface area contributed by atoms with Crippen LogP contribution in [0.1, 0.15) is 51.5 Å². The van der Waals surface area contributed by atoms with E-state index in [1.165, 1.54) is 32.1 Å². The van der Waals surface area contributed by atoms with E-state index in [1.54, 1.807) is 0 Å². The molecule has 1 saturated carbocycles. The van der Waals surface area contributed by atoms with Crippen LogP contribution in [0.4, 0.5) is 0 Å². The molecule has 1 aliphatic carbocycles. The van der Waals surface area contributed by atoms with Crippen LogP contribution in [0, 0.1) is 0 Å². The summed E-state index contributed by atoms with van der Waals surface area (Å²) in [4.78, 5) is 4.35. The molecule has 5 heteroatoms. The molecular weight excluding hydrogens is 389 g/mol. The number of hydrogen-bond donors (Lipinski definition) is 2. The van der Waals surface area contributed by atoms with E-state index in [1.807, 2.05) is 26.0 Å². The Morgan fingerprint density at radius 2 is 2.05 bits per heavy atom.